The average molecular weight is 398 g/mol. The number of amides is 2. The van der Waals surface area contributed by atoms with Gasteiger partial charge in [-0.1, -0.05) is 0 Å². The van der Waals surface area contributed by atoms with Crippen LogP contribution in [-0.2, 0) is 9.59 Å². The molecule has 0 radical (unpaired) electrons. The standard InChI is InChI=1S/C21H22N2O6/c1-26-16-5-3-13(11-18(16)27-2)22-20(24)15-7-8-23(21(15)25)14-4-6-17-19(12-14)29-10-9-28-17/h3-6,11-12,15H,7-10H2,1-2H3,(H,22,24). The number of carbonyl (C=O) groups excluding carboxylic acids is 2. The van der Waals surface area contributed by atoms with E-state index in [1.165, 1.54) is 7.11 Å². The van der Waals surface area contributed by atoms with Crippen LogP contribution in [0, 0.1) is 5.92 Å². The Morgan fingerprint density at radius 1 is 1.03 bits per heavy atom. The predicted octanol–water partition coefficient (Wildman–Crippen LogP) is 2.47. The number of nitrogens with zero attached hydrogens (tertiary/aromatic N) is 1. The lowest BCUT2D eigenvalue weighted by molar-refractivity contribution is -0.129. The van der Waals surface area contributed by atoms with E-state index in [9.17, 15) is 9.59 Å². The first-order chi connectivity index (χ1) is 14.1. The molecule has 2 heterocycles. The SMILES string of the molecule is COc1ccc(NC(=O)C2CCN(c3ccc4c(c3)OCCO4)C2=O)cc1OC. The minimum atomic E-state index is -0.753. The van der Waals surface area contributed by atoms with E-state index in [1.807, 2.05) is 0 Å². The monoisotopic (exact) mass is 398 g/mol. The van der Waals surface area contributed by atoms with Gasteiger partial charge in [-0.3, -0.25) is 9.59 Å². The van der Waals surface area contributed by atoms with E-state index < -0.39 is 5.92 Å². The maximum atomic E-state index is 12.9. The first-order valence-electron chi connectivity index (χ1n) is 9.34. The third kappa shape index (κ3) is 3.65. The molecule has 8 nitrogen and oxygen atoms in total. The molecule has 0 aromatic heterocycles. The summed E-state index contributed by atoms with van der Waals surface area (Å²) in [5.74, 6) is 1.00. The fraction of sp³-hybridized carbons (Fsp3) is 0.333. The molecule has 0 aliphatic carbocycles. The molecule has 29 heavy (non-hydrogen) atoms. The zero-order valence-corrected chi connectivity index (χ0v) is 16.3. The minimum Gasteiger partial charge on any atom is -0.493 e. The molecule has 0 saturated carbocycles. The largest absolute Gasteiger partial charge is 0.493 e. The Kier molecular flexibility index (Phi) is 5.16. The number of ether oxygens (including phenoxy) is 4. The second kappa shape index (κ2) is 7.90. The van der Waals surface area contributed by atoms with Crippen molar-refractivity contribution < 1.29 is 28.5 Å². The molecule has 4 rings (SSSR count). The summed E-state index contributed by atoms with van der Waals surface area (Å²) in [6, 6.07) is 10.4. The number of benzene rings is 2. The molecule has 2 aliphatic heterocycles. The van der Waals surface area contributed by atoms with E-state index in [0.717, 1.165) is 0 Å². The molecule has 1 saturated heterocycles. The fourth-order valence-electron chi connectivity index (χ4n) is 3.52. The summed E-state index contributed by atoms with van der Waals surface area (Å²) in [5.41, 5.74) is 1.24. The van der Waals surface area contributed by atoms with Gasteiger partial charge in [0.05, 0.1) is 14.2 Å². The minimum absolute atomic E-state index is 0.236. The molecular weight excluding hydrogens is 376 g/mol. The molecule has 2 amide bonds. The number of anilines is 2. The molecule has 2 aliphatic rings. The fourth-order valence-corrected chi connectivity index (χ4v) is 3.52. The molecule has 1 atom stereocenters. The second-order valence-corrected chi connectivity index (χ2v) is 6.72. The van der Waals surface area contributed by atoms with Gasteiger partial charge in [0.15, 0.2) is 23.0 Å². The summed E-state index contributed by atoms with van der Waals surface area (Å²) in [4.78, 5) is 27.2. The Balaban J connectivity index is 1.47. The summed E-state index contributed by atoms with van der Waals surface area (Å²) in [6.45, 7) is 1.44. The molecule has 1 fully saturated rings. The zero-order valence-electron chi connectivity index (χ0n) is 16.3. The Morgan fingerprint density at radius 3 is 2.55 bits per heavy atom. The number of fused-ring (bicyclic) bond motifs is 1. The van der Waals surface area contributed by atoms with Gasteiger partial charge < -0.3 is 29.2 Å². The van der Waals surface area contributed by atoms with Crippen molar-refractivity contribution in [3.05, 3.63) is 36.4 Å². The topological polar surface area (TPSA) is 86.3 Å². The lowest BCUT2D eigenvalue weighted by Crippen LogP contribution is -2.33. The Hall–Kier alpha value is -3.42. The number of methoxy groups -OCH3 is 2. The summed E-state index contributed by atoms with van der Waals surface area (Å²) in [7, 11) is 3.06. The Labute approximate surface area is 168 Å². The van der Waals surface area contributed by atoms with Crippen LogP contribution < -0.4 is 29.2 Å². The van der Waals surface area contributed by atoms with Crippen LogP contribution in [0.2, 0.25) is 0 Å². The summed E-state index contributed by atoms with van der Waals surface area (Å²) < 4.78 is 21.6. The second-order valence-electron chi connectivity index (χ2n) is 6.72. The maximum Gasteiger partial charge on any atom is 0.239 e. The molecular formula is C21H22N2O6. The summed E-state index contributed by atoms with van der Waals surface area (Å²) >= 11 is 0. The number of rotatable bonds is 5. The van der Waals surface area contributed by atoms with Gasteiger partial charge in [0.25, 0.3) is 0 Å². The Morgan fingerprint density at radius 2 is 1.79 bits per heavy atom. The van der Waals surface area contributed by atoms with Gasteiger partial charge in [0.1, 0.15) is 19.1 Å². The highest BCUT2D eigenvalue weighted by Gasteiger charge is 2.38. The van der Waals surface area contributed by atoms with Gasteiger partial charge in [-0.2, -0.15) is 0 Å². The van der Waals surface area contributed by atoms with Crippen LogP contribution in [0.4, 0.5) is 11.4 Å². The van der Waals surface area contributed by atoms with Crippen molar-refractivity contribution in [1.82, 2.24) is 0 Å². The highest BCUT2D eigenvalue weighted by Crippen LogP contribution is 2.36. The molecule has 0 spiro atoms. The van der Waals surface area contributed by atoms with Crippen molar-refractivity contribution in [2.75, 3.05) is 44.2 Å². The van der Waals surface area contributed by atoms with Crippen molar-refractivity contribution in [3.63, 3.8) is 0 Å². The average Bonchev–Trinajstić information content (AvgIpc) is 3.14. The van der Waals surface area contributed by atoms with Crippen LogP contribution in [0.15, 0.2) is 36.4 Å². The third-order valence-corrected chi connectivity index (χ3v) is 5.01. The van der Waals surface area contributed by atoms with E-state index in [2.05, 4.69) is 5.32 Å². The van der Waals surface area contributed by atoms with E-state index in [4.69, 9.17) is 18.9 Å². The lowest BCUT2D eigenvalue weighted by atomic mass is 10.1. The van der Waals surface area contributed by atoms with Crippen LogP contribution in [0.5, 0.6) is 23.0 Å². The normalized spacial score (nSPS) is 17.8. The van der Waals surface area contributed by atoms with Crippen LogP contribution in [0.3, 0.4) is 0 Å². The van der Waals surface area contributed by atoms with Crippen LogP contribution >= 0.6 is 0 Å². The molecule has 1 N–H and O–H groups in total. The number of nitrogens with one attached hydrogen (secondary N) is 1. The van der Waals surface area contributed by atoms with E-state index in [-0.39, 0.29) is 11.8 Å². The molecule has 0 bridgehead atoms. The molecule has 2 aromatic rings. The van der Waals surface area contributed by atoms with Crippen LogP contribution in [0.1, 0.15) is 6.42 Å². The summed E-state index contributed by atoms with van der Waals surface area (Å²) in [5, 5.41) is 2.80. The zero-order chi connectivity index (χ0) is 20.4. The van der Waals surface area contributed by atoms with E-state index in [0.29, 0.717) is 60.6 Å². The Bertz CT molecular complexity index is 945. The van der Waals surface area contributed by atoms with Crippen molar-refractivity contribution in [2.45, 2.75) is 6.42 Å². The molecule has 152 valence electrons. The predicted molar refractivity (Wildman–Crippen MR) is 106 cm³/mol. The highest BCUT2D eigenvalue weighted by atomic mass is 16.6. The van der Waals surface area contributed by atoms with Crippen molar-refractivity contribution >= 4 is 23.2 Å². The van der Waals surface area contributed by atoms with E-state index >= 15 is 0 Å². The quantitative estimate of drug-likeness (QED) is 0.779. The first kappa shape index (κ1) is 18.9. The van der Waals surface area contributed by atoms with Gasteiger partial charge in [-0.25, -0.2) is 0 Å². The molecule has 2 aromatic carbocycles. The van der Waals surface area contributed by atoms with Gasteiger partial charge >= 0.3 is 0 Å². The molecule has 1 unspecified atom stereocenters. The van der Waals surface area contributed by atoms with Crippen molar-refractivity contribution in [3.8, 4) is 23.0 Å². The number of carbonyl (C=O) groups is 2. The smallest absolute Gasteiger partial charge is 0.239 e. The number of hydrogen-bond donors (Lipinski definition) is 1. The van der Waals surface area contributed by atoms with Gasteiger partial charge in [-0.05, 0) is 30.7 Å². The van der Waals surface area contributed by atoms with Gasteiger partial charge in [0.2, 0.25) is 11.8 Å². The first-order valence-corrected chi connectivity index (χ1v) is 9.34. The van der Waals surface area contributed by atoms with Gasteiger partial charge in [0, 0.05) is 30.1 Å². The lowest BCUT2D eigenvalue weighted by Gasteiger charge is -2.22. The van der Waals surface area contributed by atoms with Crippen LogP contribution in [-0.4, -0.2) is 45.8 Å². The van der Waals surface area contributed by atoms with E-state index in [1.54, 1.807) is 48.4 Å². The highest BCUT2D eigenvalue weighted by molar-refractivity contribution is 6.13. The van der Waals surface area contributed by atoms with Gasteiger partial charge in [-0.15, -0.1) is 0 Å². The van der Waals surface area contributed by atoms with Crippen molar-refractivity contribution in [1.29, 1.82) is 0 Å². The summed E-state index contributed by atoms with van der Waals surface area (Å²) in [6.07, 6.45) is 0.437. The number of hydrogen-bond acceptors (Lipinski definition) is 6. The van der Waals surface area contributed by atoms with Crippen molar-refractivity contribution in [2.24, 2.45) is 5.92 Å². The van der Waals surface area contributed by atoms with Crippen LogP contribution in [0.25, 0.3) is 0 Å². The maximum absolute atomic E-state index is 12.9. The third-order valence-electron chi connectivity index (χ3n) is 5.01. The molecule has 8 heteroatoms.